The van der Waals surface area contributed by atoms with Crippen LogP contribution in [0.2, 0.25) is 0 Å². The summed E-state index contributed by atoms with van der Waals surface area (Å²) >= 11 is 0. The third-order valence-electron chi connectivity index (χ3n) is 1.83. The van der Waals surface area contributed by atoms with E-state index in [1.54, 1.807) is 0 Å². The molecule has 0 unspecified atom stereocenters. The molecule has 1 aromatic carbocycles. The third-order valence-corrected chi connectivity index (χ3v) is 1.83. The Hall–Kier alpha value is -1.47. The Kier molecular flexibility index (Phi) is 3.15. The van der Waals surface area contributed by atoms with Crippen LogP contribution in [0.15, 0.2) is 29.4 Å². The van der Waals surface area contributed by atoms with E-state index >= 15 is 0 Å². The lowest BCUT2D eigenvalue weighted by Crippen LogP contribution is -2.08. The molecular weight excluding hydrogens is 174 g/mol. The number of hydrogen-bond acceptors (Lipinski definition) is 1. The van der Waals surface area contributed by atoms with Crippen molar-refractivity contribution in [3.8, 4) is 0 Å². The second-order valence-electron chi connectivity index (χ2n) is 4.59. The minimum absolute atomic E-state index is 0.292. The van der Waals surface area contributed by atoms with E-state index in [0.29, 0.717) is 11.1 Å². The van der Waals surface area contributed by atoms with Crippen LogP contribution in [0, 0.1) is 5.41 Å². The van der Waals surface area contributed by atoms with Gasteiger partial charge in [0.25, 0.3) is 0 Å². The summed E-state index contributed by atoms with van der Waals surface area (Å²) in [5, 5.41) is 3.52. The summed E-state index contributed by atoms with van der Waals surface area (Å²) in [6.07, 6.45) is 1.03. The first-order chi connectivity index (χ1) is 6.51. The molecule has 0 saturated carbocycles. The zero-order valence-electron chi connectivity index (χ0n) is 8.86. The van der Waals surface area contributed by atoms with Crippen molar-refractivity contribution in [2.75, 3.05) is 0 Å². The maximum absolute atomic E-state index is 8.23. The Morgan fingerprint density at radius 1 is 1.21 bits per heavy atom. The lowest BCUT2D eigenvalue weighted by Gasteiger charge is -2.17. The van der Waals surface area contributed by atoms with Crippen LogP contribution >= 0.6 is 0 Å². The first-order valence-electron chi connectivity index (χ1n) is 4.65. The van der Waals surface area contributed by atoms with E-state index in [1.165, 1.54) is 5.56 Å². The number of azide groups is 1. The summed E-state index contributed by atoms with van der Waals surface area (Å²) in [6, 6.07) is 7.71. The smallest absolute Gasteiger partial charge is 0.0375 e. The predicted octanol–water partition coefficient (Wildman–Crippen LogP) is 4.22. The van der Waals surface area contributed by atoms with Gasteiger partial charge in [0, 0.05) is 10.6 Å². The van der Waals surface area contributed by atoms with Gasteiger partial charge in [0.05, 0.1) is 0 Å². The maximum atomic E-state index is 8.23. The van der Waals surface area contributed by atoms with E-state index in [1.807, 2.05) is 24.3 Å². The van der Waals surface area contributed by atoms with Crippen LogP contribution in [-0.4, -0.2) is 0 Å². The quantitative estimate of drug-likeness (QED) is 0.380. The normalized spacial score (nSPS) is 10.8. The Labute approximate surface area is 84.4 Å². The lowest BCUT2D eigenvalue weighted by atomic mass is 9.88. The number of hydrogen-bond donors (Lipinski definition) is 0. The maximum Gasteiger partial charge on any atom is 0.0375 e. The molecule has 0 amide bonds. The third kappa shape index (κ3) is 3.50. The monoisotopic (exact) mass is 189 g/mol. The Morgan fingerprint density at radius 2 is 1.79 bits per heavy atom. The molecule has 14 heavy (non-hydrogen) atoms. The minimum Gasteiger partial charge on any atom is -0.0608 e. The van der Waals surface area contributed by atoms with E-state index < -0.39 is 0 Å². The van der Waals surface area contributed by atoms with Crippen molar-refractivity contribution in [2.24, 2.45) is 10.5 Å². The van der Waals surface area contributed by atoms with Gasteiger partial charge in [-0.05, 0) is 22.9 Å². The number of benzene rings is 1. The number of nitrogens with zero attached hydrogens (tertiary/aromatic N) is 3. The van der Waals surface area contributed by atoms with Crippen LogP contribution < -0.4 is 0 Å². The molecule has 0 aliphatic carbocycles. The molecule has 0 radical (unpaired) electrons. The van der Waals surface area contributed by atoms with E-state index in [2.05, 4.69) is 30.8 Å². The second-order valence-corrected chi connectivity index (χ2v) is 4.59. The topological polar surface area (TPSA) is 48.8 Å². The van der Waals surface area contributed by atoms with Crippen LogP contribution in [0.3, 0.4) is 0 Å². The fourth-order valence-corrected chi connectivity index (χ4v) is 1.34. The molecule has 0 aliphatic heterocycles. The molecular formula is C11H15N3. The largest absolute Gasteiger partial charge is 0.0608 e. The first-order valence-corrected chi connectivity index (χ1v) is 4.65. The standard InChI is InChI=1S/C11H15N3/c1-11(2,3)8-9-4-6-10(7-5-9)13-14-12/h4-7H,8H2,1-3H3. The molecule has 3 heteroatoms. The molecule has 0 aromatic heterocycles. The molecule has 3 nitrogen and oxygen atoms in total. The van der Waals surface area contributed by atoms with Gasteiger partial charge in [0.2, 0.25) is 0 Å². The van der Waals surface area contributed by atoms with Gasteiger partial charge >= 0.3 is 0 Å². The fourth-order valence-electron chi connectivity index (χ4n) is 1.34. The summed E-state index contributed by atoms with van der Waals surface area (Å²) in [6.45, 7) is 6.61. The van der Waals surface area contributed by atoms with E-state index in [0.717, 1.165) is 6.42 Å². The van der Waals surface area contributed by atoms with Crippen molar-refractivity contribution < 1.29 is 0 Å². The van der Waals surface area contributed by atoms with E-state index in [9.17, 15) is 0 Å². The van der Waals surface area contributed by atoms with Crippen LogP contribution in [0.25, 0.3) is 10.4 Å². The van der Waals surface area contributed by atoms with Gasteiger partial charge in [0.15, 0.2) is 0 Å². The first kappa shape index (κ1) is 10.6. The van der Waals surface area contributed by atoms with Crippen molar-refractivity contribution in [3.63, 3.8) is 0 Å². The van der Waals surface area contributed by atoms with Crippen molar-refractivity contribution in [1.29, 1.82) is 0 Å². The van der Waals surface area contributed by atoms with Gasteiger partial charge in [-0.2, -0.15) is 0 Å². The molecule has 0 bridgehead atoms. The molecule has 1 aromatic rings. The highest BCUT2D eigenvalue weighted by molar-refractivity contribution is 5.38. The highest BCUT2D eigenvalue weighted by Gasteiger charge is 2.10. The minimum atomic E-state index is 0.292. The zero-order chi connectivity index (χ0) is 10.6. The average molecular weight is 189 g/mol. The summed E-state index contributed by atoms with van der Waals surface area (Å²) in [7, 11) is 0. The molecule has 0 spiro atoms. The average Bonchev–Trinajstić information content (AvgIpc) is 2.06. The highest BCUT2D eigenvalue weighted by Crippen LogP contribution is 2.22. The highest BCUT2D eigenvalue weighted by atomic mass is 15.1. The fraction of sp³-hybridized carbons (Fsp3) is 0.455. The van der Waals surface area contributed by atoms with Gasteiger partial charge in [-0.3, -0.25) is 0 Å². The van der Waals surface area contributed by atoms with Crippen LogP contribution in [0.4, 0.5) is 5.69 Å². The summed E-state index contributed by atoms with van der Waals surface area (Å²) in [5.41, 5.74) is 10.5. The van der Waals surface area contributed by atoms with Crippen molar-refractivity contribution in [1.82, 2.24) is 0 Å². The Bertz CT molecular complexity index is 340. The van der Waals surface area contributed by atoms with Crippen molar-refractivity contribution >= 4 is 5.69 Å². The molecule has 0 N–H and O–H groups in total. The summed E-state index contributed by atoms with van der Waals surface area (Å²) in [5.74, 6) is 0. The second kappa shape index (κ2) is 4.16. The Balaban J connectivity index is 2.78. The molecule has 74 valence electrons. The van der Waals surface area contributed by atoms with Gasteiger partial charge in [-0.1, -0.05) is 50.2 Å². The SMILES string of the molecule is CC(C)(C)Cc1ccc(N=[N+]=[N-])cc1. The molecule has 1 rings (SSSR count). The van der Waals surface area contributed by atoms with E-state index in [4.69, 9.17) is 5.53 Å². The van der Waals surface area contributed by atoms with Crippen LogP contribution in [0.1, 0.15) is 26.3 Å². The molecule has 0 fully saturated rings. The molecule has 0 aliphatic rings. The van der Waals surface area contributed by atoms with Gasteiger partial charge in [-0.25, -0.2) is 0 Å². The van der Waals surface area contributed by atoms with Gasteiger partial charge < -0.3 is 0 Å². The zero-order valence-corrected chi connectivity index (χ0v) is 8.86. The summed E-state index contributed by atoms with van der Waals surface area (Å²) in [4.78, 5) is 2.74. The molecule has 0 saturated heterocycles. The van der Waals surface area contributed by atoms with Gasteiger partial charge in [0.1, 0.15) is 0 Å². The summed E-state index contributed by atoms with van der Waals surface area (Å²) < 4.78 is 0. The van der Waals surface area contributed by atoms with Crippen molar-refractivity contribution in [3.05, 3.63) is 40.3 Å². The molecule has 0 atom stereocenters. The lowest BCUT2D eigenvalue weighted by molar-refractivity contribution is 0.411. The van der Waals surface area contributed by atoms with Crippen LogP contribution in [-0.2, 0) is 6.42 Å². The van der Waals surface area contributed by atoms with Crippen molar-refractivity contribution in [2.45, 2.75) is 27.2 Å². The molecule has 0 heterocycles. The van der Waals surface area contributed by atoms with E-state index in [-0.39, 0.29) is 0 Å². The predicted molar refractivity (Wildman–Crippen MR) is 58.4 cm³/mol. The Morgan fingerprint density at radius 3 is 2.21 bits per heavy atom. The van der Waals surface area contributed by atoms with Gasteiger partial charge in [-0.15, -0.1) is 0 Å². The number of rotatable bonds is 2. The van der Waals surface area contributed by atoms with Crippen LogP contribution in [0.5, 0.6) is 0 Å².